The van der Waals surface area contributed by atoms with Crippen LogP contribution in [-0.4, -0.2) is 42.6 Å². The Hall–Kier alpha value is -0.310. The van der Waals surface area contributed by atoms with Crippen molar-refractivity contribution in [3.63, 3.8) is 0 Å². The lowest BCUT2D eigenvalue weighted by Gasteiger charge is -2.34. The Kier molecular flexibility index (Phi) is 5.56. The summed E-state index contributed by atoms with van der Waals surface area (Å²) in [5.74, 6) is 2.02. The fourth-order valence-electron chi connectivity index (χ4n) is 2.36. The van der Waals surface area contributed by atoms with Crippen LogP contribution in [0.5, 0.6) is 0 Å². The lowest BCUT2D eigenvalue weighted by molar-refractivity contribution is 0.579. The van der Waals surface area contributed by atoms with Crippen molar-refractivity contribution in [1.82, 2.24) is 4.98 Å². The van der Waals surface area contributed by atoms with Gasteiger partial charge in [-0.25, -0.2) is 13.4 Å². The number of nitrogens with two attached hydrogens (primary N) is 1. The van der Waals surface area contributed by atoms with Gasteiger partial charge >= 0.3 is 0 Å². The van der Waals surface area contributed by atoms with Gasteiger partial charge in [-0.2, -0.15) is 11.8 Å². The van der Waals surface area contributed by atoms with Crippen LogP contribution < -0.4 is 10.6 Å². The molecule has 0 aliphatic carbocycles. The number of thioether (sulfide) groups is 1. The summed E-state index contributed by atoms with van der Waals surface area (Å²) in [6, 6.07) is 0. The summed E-state index contributed by atoms with van der Waals surface area (Å²) in [5.41, 5.74) is 6.81. The molecular weight excluding hydrogens is 326 g/mol. The lowest BCUT2D eigenvalue weighted by atomic mass is 10.1. The molecule has 120 valence electrons. The first kappa shape index (κ1) is 17.1. The number of sulfone groups is 1. The molecular formula is C13H23N3O2S3. The van der Waals surface area contributed by atoms with Crippen LogP contribution >= 0.6 is 23.1 Å². The van der Waals surface area contributed by atoms with E-state index in [1.807, 2.05) is 4.90 Å². The molecule has 1 unspecified atom stereocenters. The average molecular weight is 350 g/mol. The molecule has 2 heterocycles. The van der Waals surface area contributed by atoms with Gasteiger partial charge in [-0.05, 0) is 5.92 Å². The fourth-order valence-corrected chi connectivity index (χ4v) is 6.57. The SMILES string of the molecule is CCS(=O)(=O)C1CSCCN1c1nc(C(C)C)c(CN)s1. The molecule has 1 aliphatic heterocycles. The van der Waals surface area contributed by atoms with Crippen molar-refractivity contribution in [1.29, 1.82) is 0 Å². The maximum atomic E-state index is 12.3. The van der Waals surface area contributed by atoms with E-state index in [2.05, 4.69) is 13.8 Å². The molecule has 1 saturated heterocycles. The molecule has 0 radical (unpaired) electrons. The summed E-state index contributed by atoms with van der Waals surface area (Å²) in [6.07, 6.45) is 0. The monoisotopic (exact) mass is 349 g/mol. The molecule has 21 heavy (non-hydrogen) atoms. The molecule has 1 aromatic heterocycles. The third-order valence-electron chi connectivity index (χ3n) is 3.60. The number of thiazole rings is 1. The zero-order valence-electron chi connectivity index (χ0n) is 12.7. The van der Waals surface area contributed by atoms with Crippen molar-refractivity contribution < 1.29 is 8.42 Å². The van der Waals surface area contributed by atoms with Gasteiger partial charge in [0.2, 0.25) is 0 Å². The van der Waals surface area contributed by atoms with Crippen LogP contribution in [0.25, 0.3) is 0 Å². The first-order valence-electron chi connectivity index (χ1n) is 7.16. The third kappa shape index (κ3) is 3.55. The Morgan fingerprint density at radius 3 is 2.71 bits per heavy atom. The van der Waals surface area contributed by atoms with E-state index in [9.17, 15) is 8.42 Å². The highest BCUT2D eigenvalue weighted by atomic mass is 32.2. The quantitative estimate of drug-likeness (QED) is 0.877. The van der Waals surface area contributed by atoms with Crippen LogP contribution in [-0.2, 0) is 16.4 Å². The molecule has 2 N–H and O–H groups in total. The topological polar surface area (TPSA) is 76.3 Å². The highest BCUT2D eigenvalue weighted by Gasteiger charge is 2.35. The Bertz CT molecular complexity index is 583. The van der Waals surface area contributed by atoms with E-state index in [1.54, 1.807) is 30.0 Å². The lowest BCUT2D eigenvalue weighted by Crippen LogP contribution is -2.48. The molecule has 1 fully saturated rings. The van der Waals surface area contributed by atoms with E-state index >= 15 is 0 Å². The predicted molar refractivity (Wildman–Crippen MR) is 92.0 cm³/mol. The second-order valence-electron chi connectivity index (χ2n) is 5.34. The van der Waals surface area contributed by atoms with Gasteiger partial charge in [0.1, 0.15) is 5.37 Å². The minimum atomic E-state index is -3.11. The minimum absolute atomic E-state index is 0.168. The fraction of sp³-hybridized carbons (Fsp3) is 0.769. The molecule has 1 aromatic rings. The van der Waals surface area contributed by atoms with E-state index in [0.29, 0.717) is 18.2 Å². The first-order chi connectivity index (χ1) is 9.90. The van der Waals surface area contributed by atoms with Gasteiger partial charge in [-0.1, -0.05) is 20.8 Å². The number of rotatable bonds is 5. The Morgan fingerprint density at radius 2 is 2.19 bits per heavy atom. The maximum Gasteiger partial charge on any atom is 0.186 e. The molecule has 1 atom stereocenters. The summed E-state index contributed by atoms with van der Waals surface area (Å²) in [5, 5.41) is 0.347. The van der Waals surface area contributed by atoms with E-state index in [4.69, 9.17) is 10.7 Å². The van der Waals surface area contributed by atoms with E-state index in [1.165, 1.54) is 0 Å². The van der Waals surface area contributed by atoms with E-state index < -0.39 is 15.2 Å². The van der Waals surface area contributed by atoms with Gasteiger partial charge in [0.25, 0.3) is 0 Å². The minimum Gasteiger partial charge on any atom is -0.329 e. The summed E-state index contributed by atoms with van der Waals surface area (Å²) < 4.78 is 24.7. The number of aromatic nitrogens is 1. The van der Waals surface area contributed by atoms with Crippen molar-refractivity contribution in [3.8, 4) is 0 Å². The number of nitrogens with zero attached hydrogens (tertiary/aromatic N) is 2. The zero-order chi connectivity index (χ0) is 15.6. The predicted octanol–water partition coefficient (Wildman–Crippen LogP) is 2.04. The maximum absolute atomic E-state index is 12.3. The molecule has 1 aliphatic rings. The van der Waals surface area contributed by atoms with Crippen molar-refractivity contribution >= 4 is 38.1 Å². The van der Waals surface area contributed by atoms with E-state index in [-0.39, 0.29) is 5.75 Å². The molecule has 0 spiro atoms. The summed E-state index contributed by atoms with van der Waals surface area (Å²) >= 11 is 3.24. The largest absolute Gasteiger partial charge is 0.329 e. The number of hydrogen-bond donors (Lipinski definition) is 1. The summed E-state index contributed by atoms with van der Waals surface area (Å²) in [6.45, 7) is 7.07. The van der Waals surface area contributed by atoms with Crippen LogP contribution in [0.1, 0.15) is 37.3 Å². The molecule has 0 aromatic carbocycles. The van der Waals surface area contributed by atoms with Gasteiger partial charge in [0.05, 0.1) is 5.69 Å². The standard InChI is InChI=1S/C13H23N3O2S3/c1-4-21(17,18)11-8-19-6-5-16(11)13-15-12(9(2)3)10(7-14)20-13/h9,11H,4-8,14H2,1-3H3. The second kappa shape index (κ2) is 6.85. The number of hydrogen-bond acceptors (Lipinski definition) is 7. The average Bonchev–Trinajstić information content (AvgIpc) is 2.91. The molecule has 0 bridgehead atoms. The Balaban J connectivity index is 2.38. The Labute approximate surface area is 135 Å². The van der Waals surface area contributed by atoms with Crippen molar-refractivity contribution in [2.75, 3.05) is 28.7 Å². The van der Waals surface area contributed by atoms with Crippen molar-refractivity contribution in [3.05, 3.63) is 10.6 Å². The van der Waals surface area contributed by atoms with Gasteiger partial charge in [-0.15, -0.1) is 11.3 Å². The van der Waals surface area contributed by atoms with Crippen LogP contribution in [0, 0.1) is 0 Å². The summed E-state index contributed by atoms with van der Waals surface area (Å²) in [7, 11) is -3.11. The molecule has 0 saturated carbocycles. The molecule has 0 amide bonds. The second-order valence-corrected chi connectivity index (χ2v) is 10.00. The van der Waals surface area contributed by atoms with Crippen molar-refractivity contribution in [2.45, 2.75) is 38.6 Å². The van der Waals surface area contributed by atoms with Crippen LogP contribution in [0.2, 0.25) is 0 Å². The van der Waals surface area contributed by atoms with Gasteiger partial charge in [0, 0.05) is 35.2 Å². The normalized spacial score (nSPS) is 20.2. The summed E-state index contributed by atoms with van der Waals surface area (Å²) in [4.78, 5) is 7.72. The molecule has 8 heteroatoms. The highest BCUT2D eigenvalue weighted by molar-refractivity contribution is 8.01. The van der Waals surface area contributed by atoms with E-state index in [0.717, 1.165) is 28.0 Å². The van der Waals surface area contributed by atoms with Crippen molar-refractivity contribution in [2.24, 2.45) is 5.73 Å². The van der Waals surface area contributed by atoms with Gasteiger partial charge < -0.3 is 10.6 Å². The van der Waals surface area contributed by atoms with Crippen LogP contribution in [0.15, 0.2) is 0 Å². The highest BCUT2D eigenvalue weighted by Crippen LogP contribution is 2.34. The third-order valence-corrected chi connectivity index (χ3v) is 8.01. The molecule has 5 nitrogen and oxygen atoms in total. The van der Waals surface area contributed by atoms with Gasteiger partial charge in [-0.3, -0.25) is 0 Å². The smallest absolute Gasteiger partial charge is 0.186 e. The van der Waals surface area contributed by atoms with Gasteiger partial charge in [0.15, 0.2) is 15.0 Å². The Morgan fingerprint density at radius 1 is 1.48 bits per heavy atom. The zero-order valence-corrected chi connectivity index (χ0v) is 15.2. The van der Waals surface area contributed by atoms with Crippen LogP contribution in [0.3, 0.4) is 0 Å². The van der Waals surface area contributed by atoms with Crippen LogP contribution in [0.4, 0.5) is 5.13 Å². The first-order valence-corrected chi connectivity index (χ1v) is 10.8. The molecule has 2 rings (SSSR count). The number of anilines is 1.